The molecular formula is C20H24FN5. The van der Waals surface area contributed by atoms with E-state index in [1.165, 1.54) is 17.7 Å². The van der Waals surface area contributed by atoms with Crippen molar-refractivity contribution in [2.24, 2.45) is 10.7 Å². The van der Waals surface area contributed by atoms with Gasteiger partial charge in [-0.2, -0.15) is 0 Å². The molecule has 1 atom stereocenters. The van der Waals surface area contributed by atoms with Crippen LogP contribution in [0.2, 0.25) is 0 Å². The van der Waals surface area contributed by atoms with Crippen LogP contribution in [0, 0.1) is 11.2 Å². The number of aliphatic imine (C=N–C) groups is 1. The number of amidine groups is 1. The van der Waals surface area contributed by atoms with E-state index < -0.39 is 5.79 Å². The van der Waals surface area contributed by atoms with Gasteiger partial charge in [0, 0.05) is 19.2 Å². The van der Waals surface area contributed by atoms with Crippen LogP contribution in [0.25, 0.3) is 0 Å². The molecule has 0 saturated heterocycles. The summed E-state index contributed by atoms with van der Waals surface area (Å²) in [5.74, 6) is -0.967. The number of hydrogen-bond acceptors (Lipinski definition) is 4. The lowest BCUT2D eigenvalue weighted by Crippen LogP contribution is -2.64. The van der Waals surface area contributed by atoms with Gasteiger partial charge in [-0.05, 0) is 49.6 Å². The molecule has 5 nitrogen and oxygen atoms in total. The van der Waals surface area contributed by atoms with E-state index in [-0.39, 0.29) is 5.82 Å². The Hall–Kier alpha value is -2.73. The van der Waals surface area contributed by atoms with Crippen molar-refractivity contribution in [2.75, 3.05) is 11.6 Å². The minimum absolute atomic E-state index is 0.291. The first-order valence-corrected chi connectivity index (χ1v) is 8.74. The topological polar surface area (TPSA) is 68.7 Å². The number of halogens is 1. The van der Waals surface area contributed by atoms with Gasteiger partial charge in [0.15, 0.2) is 0 Å². The fourth-order valence-corrected chi connectivity index (χ4v) is 3.16. The zero-order valence-corrected chi connectivity index (χ0v) is 14.9. The van der Waals surface area contributed by atoms with Crippen LogP contribution in [0.15, 0.2) is 59.6 Å². The van der Waals surface area contributed by atoms with Crippen molar-refractivity contribution in [3.8, 4) is 0 Å². The molecule has 1 aliphatic rings. The van der Waals surface area contributed by atoms with Crippen LogP contribution >= 0.6 is 0 Å². The third-order valence-corrected chi connectivity index (χ3v) is 4.37. The average Bonchev–Trinajstić information content (AvgIpc) is 2.61. The molecule has 0 aromatic heterocycles. The van der Waals surface area contributed by atoms with Crippen molar-refractivity contribution < 1.29 is 4.39 Å². The molecule has 0 radical (unpaired) electrons. The van der Waals surface area contributed by atoms with Crippen molar-refractivity contribution in [2.45, 2.75) is 32.0 Å². The minimum Gasteiger partial charge on any atom is -0.289 e. The van der Waals surface area contributed by atoms with E-state index in [1.807, 2.05) is 23.2 Å². The van der Waals surface area contributed by atoms with Crippen LogP contribution in [-0.2, 0) is 6.42 Å². The van der Waals surface area contributed by atoms with Crippen molar-refractivity contribution in [3.05, 3.63) is 66.0 Å². The Labute approximate surface area is 153 Å². The predicted octanol–water partition coefficient (Wildman–Crippen LogP) is 3.57. The quantitative estimate of drug-likeness (QED) is 0.834. The lowest BCUT2D eigenvalue weighted by molar-refractivity contribution is 0.183. The zero-order chi connectivity index (χ0) is 18.6. The summed E-state index contributed by atoms with van der Waals surface area (Å²) in [5.41, 5.74) is 8.38. The Morgan fingerprint density at radius 3 is 2.54 bits per heavy atom. The van der Waals surface area contributed by atoms with Gasteiger partial charge in [-0.15, -0.1) is 0 Å². The zero-order valence-electron chi connectivity index (χ0n) is 14.9. The maximum Gasteiger partial charge on any atom is 0.200 e. The molecule has 26 heavy (non-hydrogen) atoms. The standard InChI is InChI=1S/C20H24FN5/c1-20(23)24-14-13-19(22)26(20)25(18-11-9-17(21)10-12-18)15-5-8-16-6-3-2-4-7-16/h2-4,6-7,9-12,14,22H,5,8,13,15,23H2,1H3. The normalized spacial score (nSPS) is 19.7. The van der Waals surface area contributed by atoms with Crippen molar-refractivity contribution in [1.82, 2.24) is 5.01 Å². The SMILES string of the molecule is CC1(N)N=CCC(=N)N1N(CCCc1ccccc1)c1ccc(F)cc1. The molecule has 0 aliphatic carbocycles. The van der Waals surface area contributed by atoms with Crippen molar-refractivity contribution >= 4 is 17.7 Å². The molecule has 0 bridgehead atoms. The number of benzene rings is 2. The lowest BCUT2D eigenvalue weighted by Gasteiger charge is -2.46. The number of nitrogens with zero attached hydrogens (tertiary/aromatic N) is 3. The van der Waals surface area contributed by atoms with Crippen LogP contribution in [-0.4, -0.2) is 29.4 Å². The Morgan fingerprint density at radius 1 is 1.19 bits per heavy atom. The Morgan fingerprint density at radius 2 is 1.88 bits per heavy atom. The molecule has 2 aromatic rings. The van der Waals surface area contributed by atoms with Gasteiger partial charge in [0.1, 0.15) is 11.7 Å². The largest absolute Gasteiger partial charge is 0.289 e. The molecule has 2 aromatic carbocycles. The van der Waals surface area contributed by atoms with Gasteiger partial charge in [-0.25, -0.2) is 9.40 Å². The highest BCUT2D eigenvalue weighted by molar-refractivity contribution is 5.95. The molecular weight excluding hydrogens is 329 g/mol. The minimum atomic E-state index is -1.05. The molecule has 6 heteroatoms. The van der Waals surface area contributed by atoms with Crippen LogP contribution in [0.5, 0.6) is 0 Å². The number of hydrazine groups is 1. The van der Waals surface area contributed by atoms with E-state index in [2.05, 4.69) is 17.1 Å². The first-order chi connectivity index (χ1) is 12.5. The molecule has 136 valence electrons. The van der Waals surface area contributed by atoms with Gasteiger partial charge in [0.2, 0.25) is 5.79 Å². The van der Waals surface area contributed by atoms with Crippen LogP contribution in [0.1, 0.15) is 25.3 Å². The van der Waals surface area contributed by atoms with Crippen LogP contribution in [0.3, 0.4) is 0 Å². The number of aryl methyl sites for hydroxylation is 1. The number of nitrogens with one attached hydrogen (secondary N) is 1. The summed E-state index contributed by atoms with van der Waals surface area (Å²) < 4.78 is 13.4. The monoisotopic (exact) mass is 353 g/mol. The smallest absolute Gasteiger partial charge is 0.200 e. The summed E-state index contributed by atoms with van der Waals surface area (Å²) >= 11 is 0. The van der Waals surface area contributed by atoms with Gasteiger partial charge in [0.25, 0.3) is 0 Å². The molecule has 1 unspecified atom stereocenters. The van der Waals surface area contributed by atoms with Gasteiger partial charge < -0.3 is 0 Å². The second kappa shape index (κ2) is 7.66. The summed E-state index contributed by atoms with van der Waals surface area (Å²) in [5, 5.41) is 12.0. The molecule has 0 amide bonds. The van der Waals surface area contributed by atoms with Gasteiger partial charge in [-0.1, -0.05) is 30.3 Å². The van der Waals surface area contributed by atoms with E-state index in [0.29, 0.717) is 18.8 Å². The highest BCUT2D eigenvalue weighted by atomic mass is 19.1. The lowest BCUT2D eigenvalue weighted by atomic mass is 10.1. The molecule has 0 fully saturated rings. The molecule has 3 N–H and O–H groups in total. The second-order valence-electron chi connectivity index (χ2n) is 6.56. The summed E-state index contributed by atoms with van der Waals surface area (Å²) in [7, 11) is 0. The Balaban J connectivity index is 1.83. The van der Waals surface area contributed by atoms with E-state index in [9.17, 15) is 4.39 Å². The number of hydrogen-bond donors (Lipinski definition) is 2. The highest BCUT2D eigenvalue weighted by Crippen LogP contribution is 2.26. The van der Waals surface area contributed by atoms with Crippen molar-refractivity contribution in [1.29, 1.82) is 5.41 Å². The van der Waals surface area contributed by atoms with Gasteiger partial charge >= 0.3 is 0 Å². The van der Waals surface area contributed by atoms with E-state index in [1.54, 1.807) is 30.3 Å². The number of anilines is 1. The summed E-state index contributed by atoms with van der Waals surface area (Å²) in [6, 6.07) is 16.5. The number of rotatable bonds is 6. The maximum atomic E-state index is 13.4. The Kier molecular flexibility index (Phi) is 5.32. The third-order valence-electron chi connectivity index (χ3n) is 4.37. The first kappa shape index (κ1) is 18.1. The maximum absolute atomic E-state index is 13.4. The second-order valence-corrected chi connectivity index (χ2v) is 6.56. The number of nitrogens with two attached hydrogens (primary N) is 1. The average molecular weight is 353 g/mol. The summed E-state index contributed by atoms with van der Waals surface area (Å²) in [6.45, 7) is 2.41. The summed E-state index contributed by atoms with van der Waals surface area (Å²) in [4.78, 5) is 4.35. The molecule has 3 rings (SSSR count). The van der Waals surface area contributed by atoms with Gasteiger partial charge in [0.05, 0.1) is 5.69 Å². The van der Waals surface area contributed by atoms with Crippen molar-refractivity contribution in [3.63, 3.8) is 0 Å². The fourth-order valence-electron chi connectivity index (χ4n) is 3.16. The van der Waals surface area contributed by atoms with E-state index >= 15 is 0 Å². The molecule has 0 spiro atoms. The van der Waals surface area contributed by atoms with Gasteiger partial charge in [-0.3, -0.25) is 21.1 Å². The Bertz CT molecular complexity index is 771. The van der Waals surface area contributed by atoms with E-state index in [4.69, 9.17) is 11.1 Å². The van der Waals surface area contributed by atoms with E-state index in [0.717, 1.165) is 18.5 Å². The fraction of sp³-hybridized carbons (Fsp3) is 0.300. The summed E-state index contributed by atoms with van der Waals surface area (Å²) in [6.07, 6.45) is 3.87. The molecule has 0 saturated carbocycles. The predicted molar refractivity (Wildman–Crippen MR) is 104 cm³/mol. The first-order valence-electron chi connectivity index (χ1n) is 8.74. The van der Waals surface area contributed by atoms with Crippen LogP contribution in [0.4, 0.5) is 10.1 Å². The van der Waals surface area contributed by atoms with Crippen LogP contribution < -0.4 is 10.7 Å². The molecule has 1 aliphatic heterocycles. The third kappa shape index (κ3) is 4.08. The molecule has 1 heterocycles. The highest BCUT2D eigenvalue weighted by Gasteiger charge is 2.35.